The quantitative estimate of drug-likeness (QED) is 0.530. The van der Waals surface area contributed by atoms with Crippen molar-refractivity contribution < 1.29 is 0 Å². The Balaban J connectivity index is 1.75. The van der Waals surface area contributed by atoms with Gasteiger partial charge in [0.05, 0.1) is 6.54 Å². The van der Waals surface area contributed by atoms with Gasteiger partial charge in [0, 0.05) is 16.7 Å². The Morgan fingerprint density at radius 1 is 1.15 bits per heavy atom. The standard InChI is InChI=1S/C17H23N7S2/c1-4-13-21-22-17(24(13)18)26-16-14-10(2)11(3)25-15(14)19-12(20-16)9-23-7-5-6-8-23/h4-9,18H2,1-3H3. The zero-order valence-electron chi connectivity index (χ0n) is 15.3. The summed E-state index contributed by atoms with van der Waals surface area (Å²) in [7, 11) is 0. The lowest BCUT2D eigenvalue weighted by atomic mass is 10.2. The molecule has 0 amide bonds. The number of thiophene rings is 1. The Kier molecular flexibility index (Phi) is 4.85. The summed E-state index contributed by atoms with van der Waals surface area (Å²) in [5.74, 6) is 7.79. The Hall–Kier alpha value is -1.71. The van der Waals surface area contributed by atoms with E-state index in [0.717, 1.165) is 52.9 Å². The summed E-state index contributed by atoms with van der Waals surface area (Å²) in [6.45, 7) is 9.34. The minimum atomic E-state index is 0.664. The molecule has 0 bridgehead atoms. The summed E-state index contributed by atoms with van der Waals surface area (Å²) in [5.41, 5.74) is 1.24. The van der Waals surface area contributed by atoms with Crippen molar-refractivity contribution in [3.63, 3.8) is 0 Å². The van der Waals surface area contributed by atoms with Gasteiger partial charge < -0.3 is 5.84 Å². The molecule has 1 aliphatic heterocycles. The van der Waals surface area contributed by atoms with Crippen molar-refractivity contribution in [1.82, 2.24) is 29.7 Å². The van der Waals surface area contributed by atoms with E-state index in [-0.39, 0.29) is 0 Å². The monoisotopic (exact) mass is 389 g/mol. The first-order chi connectivity index (χ1) is 12.6. The van der Waals surface area contributed by atoms with E-state index in [9.17, 15) is 0 Å². The molecule has 1 aliphatic rings. The van der Waals surface area contributed by atoms with Crippen LogP contribution in [0.25, 0.3) is 10.2 Å². The number of nitrogens with zero attached hydrogens (tertiary/aromatic N) is 6. The summed E-state index contributed by atoms with van der Waals surface area (Å²) < 4.78 is 1.56. The van der Waals surface area contributed by atoms with Gasteiger partial charge in [-0.2, -0.15) is 0 Å². The molecule has 0 spiro atoms. The second-order valence-electron chi connectivity index (χ2n) is 6.62. The number of hydrogen-bond donors (Lipinski definition) is 1. The molecule has 0 unspecified atom stereocenters. The number of rotatable bonds is 5. The van der Waals surface area contributed by atoms with Crippen LogP contribution in [0, 0.1) is 13.8 Å². The molecule has 0 radical (unpaired) electrons. The van der Waals surface area contributed by atoms with E-state index >= 15 is 0 Å². The number of nitrogens with two attached hydrogens (primary N) is 1. The molecule has 26 heavy (non-hydrogen) atoms. The highest BCUT2D eigenvalue weighted by molar-refractivity contribution is 7.99. The largest absolute Gasteiger partial charge is 0.336 e. The molecule has 1 saturated heterocycles. The van der Waals surface area contributed by atoms with Gasteiger partial charge >= 0.3 is 0 Å². The summed E-state index contributed by atoms with van der Waals surface area (Å²) >= 11 is 3.21. The highest BCUT2D eigenvalue weighted by atomic mass is 32.2. The first-order valence-corrected chi connectivity index (χ1v) is 10.6. The molecule has 0 aromatic carbocycles. The van der Waals surface area contributed by atoms with Gasteiger partial charge in [0.1, 0.15) is 15.7 Å². The molecule has 0 atom stereocenters. The second kappa shape index (κ2) is 7.13. The van der Waals surface area contributed by atoms with Crippen LogP contribution in [-0.4, -0.2) is 42.8 Å². The van der Waals surface area contributed by atoms with Crippen LogP contribution in [0.2, 0.25) is 0 Å². The highest BCUT2D eigenvalue weighted by Crippen LogP contribution is 2.37. The molecule has 4 rings (SSSR count). The second-order valence-corrected chi connectivity index (χ2v) is 8.78. The van der Waals surface area contributed by atoms with Gasteiger partial charge in [-0.1, -0.05) is 6.92 Å². The molecule has 2 N–H and O–H groups in total. The summed E-state index contributed by atoms with van der Waals surface area (Å²) in [5, 5.41) is 11.1. The lowest BCUT2D eigenvalue weighted by molar-refractivity contribution is 0.322. The smallest absolute Gasteiger partial charge is 0.216 e. The van der Waals surface area contributed by atoms with E-state index < -0.39 is 0 Å². The minimum Gasteiger partial charge on any atom is -0.336 e. The van der Waals surface area contributed by atoms with E-state index in [2.05, 4.69) is 28.9 Å². The Morgan fingerprint density at radius 2 is 1.92 bits per heavy atom. The summed E-state index contributed by atoms with van der Waals surface area (Å²) in [6.07, 6.45) is 3.27. The van der Waals surface area contributed by atoms with Gasteiger partial charge in [0.15, 0.2) is 5.82 Å². The average molecular weight is 390 g/mol. The van der Waals surface area contributed by atoms with Crippen LogP contribution in [-0.2, 0) is 13.0 Å². The fraction of sp³-hybridized carbons (Fsp3) is 0.529. The van der Waals surface area contributed by atoms with Gasteiger partial charge in [0.2, 0.25) is 5.16 Å². The Bertz CT molecular complexity index is 940. The third-order valence-corrected chi connectivity index (χ3v) is 6.90. The maximum Gasteiger partial charge on any atom is 0.216 e. The predicted molar refractivity (Wildman–Crippen MR) is 105 cm³/mol. The molecular formula is C17H23N7S2. The topological polar surface area (TPSA) is 85.8 Å². The van der Waals surface area contributed by atoms with Crippen LogP contribution >= 0.6 is 23.1 Å². The zero-order chi connectivity index (χ0) is 18.3. The normalized spacial score (nSPS) is 15.3. The third kappa shape index (κ3) is 3.19. The molecule has 3 aromatic rings. The van der Waals surface area contributed by atoms with Crippen LogP contribution in [0.5, 0.6) is 0 Å². The van der Waals surface area contributed by atoms with Gasteiger partial charge in [-0.15, -0.1) is 21.5 Å². The van der Waals surface area contributed by atoms with Gasteiger partial charge in [-0.25, -0.2) is 14.6 Å². The van der Waals surface area contributed by atoms with Gasteiger partial charge in [0.25, 0.3) is 0 Å². The van der Waals surface area contributed by atoms with Gasteiger partial charge in [-0.05, 0) is 57.1 Å². The number of fused-ring (bicyclic) bond motifs is 1. The molecule has 7 nitrogen and oxygen atoms in total. The number of nitrogen functional groups attached to an aromatic ring is 1. The van der Waals surface area contributed by atoms with E-state index in [1.54, 1.807) is 16.0 Å². The summed E-state index contributed by atoms with van der Waals surface area (Å²) in [4.78, 5) is 14.5. The van der Waals surface area contributed by atoms with Crippen LogP contribution in [0.3, 0.4) is 0 Å². The van der Waals surface area contributed by atoms with E-state index in [1.807, 2.05) is 6.92 Å². The SMILES string of the molecule is CCc1nnc(Sc2nc(CN3CCCC3)nc3sc(C)c(C)c23)n1N. The van der Waals surface area contributed by atoms with Crippen LogP contribution in [0.1, 0.15) is 41.9 Å². The third-order valence-electron chi connectivity index (χ3n) is 4.84. The molecule has 3 aromatic heterocycles. The molecule has 138 valence electrons. The highest BCUT2D eigenvalue weighted by Gasteiger charge is 2.20. The molecular weight excluding hydrogens is 366 g/mol. The minimum absolute atomic E-state index is 0.664. The van der Waals surface area contributed by atoms with Crippen LogP contribution < -0.4 is 5.84 Å². The lowest BCUT2D eigenvalue weighted by Crippen LogP contribution is -2.20. The van der Waals surface area contributed by atoms with Crippen molar-refractivity contribution >= 4 is 33.3 Å². The van der Waals surface area contributed by atoms with E-state index in [1.165, 1.54) is 35.0 Å². The van der Waals surface area contributed by atoms with Crippen molar-refractivity contribution in [2.24, 2.45) is 0 Å². The number of hydrogen-bond acceptors (Lipinski definition) is 8. The van der Waals surface area contributed by atoms with Crippen molar-refractivity contribution in [1.29, 1.82) is 0 Å². The van der Waals surface area contributed by atoms with Crippen molar-refractivity contribution in [3.05, 3.63) is 22.1 Å². The lowest BCUT2D eigenvalue weighted by Gasteiger charge is -2.14. The van der Waals surface area contributed by atoms with Crippen LogP contribution in [0.4, 0.5) is 0 Å². The number of likely N-dealkylation sites (tertiary alicyclic amines) is 1. The number of aryl methyl sites for hydroxylation is 3. The first-order valence-electron chi connectivity index (χ1n) is 8.93. The Morgan fingerprint density at radius 3 is 2.62 bits per heavy atom. The first kappa shape index (κ1) is 17.7. The number of aromatic nitrogens is 5. The van der Waals surface area contributed by atoms with Gasteiger partial charge in [-0.3, -0.25) is 4.90 Å². The van der Waals surface area contributed by atoms with Crippen molar-refractivity contribution in [2.45, 2.75) is 56.8 Å². The molecule has 9 heteroatoms. The molecule has 0 aliphatic carbocycles. The van der Waals surface area contributed by atoms with Crippen molar-refractivity contribution in [2.75, 3.05) is 18.9 Å². The molecule has 0 saturated carbocycles. The fourth-order valence-electron chi connectivity index (χ4n) is 3.24. The van der Waals surface area contributed by atoms with E-state index in [4.69, 9.17) is 15.8 Å². The predicted octanol–water partition coefficient (Wildman–Crippen LogP) is 2.92. The van der Waals surface area contributed by atoms with E-state index in [0.29, 0.717) is 5.16 Å². The fourth-order valence-corrected chi connectivity index (χ4v) is 5.32. The molecule has 4 heterocycles. The van der Waals surface area contributed by atoms with Crippen molar-refractivity contribution in [3.8, 4) is 0 Å². The maximum atomic E-state index is 6.14. The molecule has 1 fully saturated rings. The average Bonchev–Trinajstić information content (AvgIpc) is 3.31. The Labute approximate surface area is 161 Å². The van der Waals surface area contributed by atoms with Crippen LogP contribution in [0.15, 0.2) is 10.2 Å². The zero-order valence-corrected chi connectivity index (χ0v) is 17.0. The maximum absolute atomic E-state index is 6.14. The summed E-state index contributed by atoms with van der Waals surface area (Å²) in [6, 6.07) is 0.